The molecule has 4 nitrogen and oxygen atoms in total. The maximum atomic E-state index is 11.2. The van der Waals surface area contributed by atoms with Crippen molar-refractivity contribution in [1.29, 1.82) is 0 Å². The van der Waals surface area contributed by atoms with E-state index in [4.69, 9.17) is 5.11 Å². The van der Waals surface area contributed by atoms with Gasteiger partial charge in [-0.2, -0.15) is 0 Å². The summed E-state index contributed by atoms with van der Waals surface area (Å²) in [4.78, 5) is 21.8. The topological polar surface area (TPSA) is 66.4 Å². The van der Waals surface area contributed by atoms with E-state index in [9.17, 15) is 9.59 Å². The zero-order chi connectivity index (χ0) is 12.6. The number of carboxylic acid groups (broad SMARTS) is 1. The number of carbonyl (C=O) groups is 2. The smallest absolute Gasteiger partial charge is 0.303 e. The number of carboxylic acids is 1. The first kappa shape index (κ1) is 14.7. The van der Waals surface area contributed by atoms with Gasteiger partial charge in [0.05, 0.1) is 0 Å². The van der Waals surface area contributed by atoms with Crippen LogP contribution in [0.2, 0.25) is 0 Å². The molecule has 0 heterocycles. The van der Waals surface area contributed by atoms with E-state index in [0.717, 1.165) is 6.42 Å². The highest BCUT2D eigenvalue weighted by atomic mass is 16.4. The molecule has 0 saturated carbocycles. The Morgan fingerprint density at radius 2 is 2.06 bits per heavy atom. The van der Waals surface area contributed by atoms with Crippen LogP contribution in [-0.4, -0.2) is 23.5 Å². The Labute approximate surface area is 96.7 Å². The van der Waals surface area contributed by atoms with Gasteiger partial charge >= 0.3 is 5.97 Å². The van der Waals surface area contributed by atoms with Gasteiger partial charge in [-0.25, -0.2) is 0 Å². The van der Waals surface area contributed by atoms with Crippen molar-refractivity contribution in [2.24, 2.45) is 11.8 Å². The van der Waals surface area contributed by atoms with Crippen LogP contribution in [-0.2, 0) is 9.59 Å². The van der Waals surface area contributed by atoms with Gasteiger partial charge in [-0.15, -0.1) is 6.58 Å². The normalized spacial score (nSPS) is 12.2. The lowest BCUT2D eigenvalue weighted by Gasteiger charge is -2.17. The number of aliphatic carboxylic acids is 1. The first-order valence-electron chi connectivity index (χ1n) is 5.55. The van der Waals surface area contributed by atoms with Gasteiger partial charge in [-0.1, -0.05) is 19.9 Å². The summed E-state index contributed by atoms with van der Waals surface area (Å²) in [5.74, 6) is -0.482. The third kappa shape index (κ3) is 8.03. The fourth-order valence-corrected chi connectivity index (χ4v) is 1.61. The molecule has 92 valence electrons. The lowest BCUT2D eigenvalue weighted by Crippen LogP contribution is -2.30. The summed E-state index contributed by atoms with van der Waals surface area (Å²) in [5, 5.41) is 11.5. The molecule has 0 rings (SSSR count). The van der Waals surface area contributed by atoms with Crippen molar-refractivity contribution in [2.45, 2.75) is 33.1 Å². The summed E-state index contributed by atoms with van der Waals surface area (Å²) in [7, 11) is 0. The first-order valence-corrected chi connectivity index (χ1v) is 5.55. The van der Waals surface area contributed by atoms with Crippen molar-refractivity contribution in [2.75, 3.05) is 6.54 Å². The summed E-state index contributed by atoms with van der Waals surface area (Å²) in [6.07, 6.45) is 2.72. The largest absolute Gasteiger partial charge is 0.481 e. The molecule has 1 unspecified atom stereocenters. The van der Waals surface area contributed by atoms with Crippen molar-refractivity contribution >= 4 is 11.9 Å². The third-order valence-electron chi connectivity index (χ3n) is 2.19. The fraction of sp³-hybridized carbons (Fsp3) is 0.667. The van der Waals surface area contributed by atoms with Crippen LogP contribution in [0, 0.1) is 11.8 Å². The number of nitrogens with one attached hydrogen (secondary N) is 1. The molecular formula is C12H21NO3. The molecule has 0 fully saturated rings. The van der Waals surface area contributed by atoms with E-state index in [1.54, 1.807) is 0 Å². The molecule has 0 aromatic carbocycles. The maximum absolute atomic E-state index is 11.2. The molecule has 0 spiro atoms. The summed E-state index contributed by atoms with van der Waals surface area (Å²) >= 11 is 0. The molecule has 0 aromatic heterocycles. The Hall–Kier alpha value is -1.32. The minimum atomic E-state index is -0.816. The van der Waals surface area contributed by atoms with Gasteiger partial charge in [-0.05, 0) is 18.3 Å². The van der Waals surface area contributed by atoms with Crippen LogP contribution in [0.25, 0.3) is 0 Å². The molecule has 1 atom stereocenters. The minimum absolute atomic E-state index is 0.00580. The average Bonchev–Trinajstić information content (AvgIpc) is 2.13. The van der Waals surface area contributed by atoms with Crippen LogP contribution in [0.15, 0.2) is 12.7 Å². The van der Waals surface area contributed by atoms with Gasteiger partial charge in [-0.3, -0.25) is 9.59 Å². The van der Waals surface area contributed by atoms with Crippen LogP contribution in [0.5, 0.6) is 0 Å². The van der Waals surface area contributed by atoms with E-state index in [-0.39, 0.29) is 24.7 Å². The number of amides is 1. The molecule has 0 bridgehead atoms. The van der Waals surface area contributed by atoms with Gasteiger partial charge in [0, 0.05) is 19.4 Å². The first-order chi connectivity index (χ1) is 7.45. The van der Waals surface area contributed by atoms with Crippen molar-refractivity contribution in [1.82, 2.24) is 5.32 Å². The standard InChI is InChI=1S/C12H21NO3/c1-4-5-11(14)13-8-10(6-9(2)3)7-12(15)16/h4,9-10H,1,5-8H2,2-3H3,(H,13,14)(H,15,16). The van der Waals surface area contributed by atoms with Crippen molar-refractivity contribution in [3.63, 3.8) is 0 Å². The Morgan fingerprint density at radius 3 is 2.50 bits per heavy atom. The van der Waals surface area contributed by atoms with Crippen molar-refractivity contribution in [3.05, 3.63) is 12.7 Å². The molecule has 0 radical (unpaired) electrons. The van der Waals surface area contributed by atoms with E-state index in [1.165, 1.54) is 6.08 Å². The lowest BCUT2D eigenvalue weighted by molar-refractivity contribution is -0.138. The number of carbonyl (C=O) groups excluding carboxylic acids is 1. The molecule has 0 saturated heterocycles. The van der Waals surface area contributed by atoms with Crippen LogP contribution >= 0.6 is 0 Å². The van der Waals surface area contributed by atoms with Crippen LogP contribution in [0.3, 0.4) is 0 Å². The monoisotopic (exact) mass is 227 g/mol. The second-order valence-corrected chi connectivity index (χ2v) is 4.39. The van der Waals surface area contributed by atoms with Gasteiger partial charge in [0.25, 0.3) is 0 Å². The zero-order valence-corrected chi connectivity index (χ0v) is 10.0. The molecule has 1 amide bonds. The van der Waals surface area contributed by atoms with Crippen molar-refractivity contribution in [3.8, 4) is 0 Å². The Kier molecular flexibility index (Phi) is 7.25. The SMILES string of the molecule is C=CCC(=O)NCC(CC(=O)O)CC(C)C. The number of hydrogen-bond acceptors (Lipinski definition) is 2. The van der Waals surface area contributed by atoms with E-state index < -0.39 is 5.97 Å². The number of hydrogen-bond donors (Lipinski definition) is 2. The third-order valence-corrected chi connectivity index (χ3v) is 2.19. The van der Waals surface area contributed by atoms with Crippen LogP contribution in [0.1, 0.15) is 33.1 Å². The second kappa shape index (κ2) is 7.91. The van der Waals surface area contributed by atoms with Gasteiger partial charge in [0.15, 0.2) is 0 Å². The Balaban J connectivity index is 4.04. The van der Waals surface area contributed by atoms with E-state index in [2.05, 4.69) is 11.9 Å². The van der Waals surface area contributed by atoms with E-state index in [1.807, 2.05) is 13.8 Å². The Bertz CT molecular complexity index is 249. The highest BCUT2D eigenvalue weighted by molar-refractivity contribution is 5.77. The summed E-state index contributed by atoms with van der Waals surface area (Å²) in [6, 6.07) is 0. The second-order valence-electron chi connectivity index (χ2n) is 4.39. The van der Waals surface area contributed by atoms with E-state index >= 15 is 0 Å². The fourth-order valence-electron chi connectivity index (χ4n) is 1.61. The molecule has 0 aromatic rings. The predicted octanol–water partition coefficient (Wildman–Crippen LogP) is 1.82. The van der Waals surface area contributed by atoms with Crippen molar-refractivity contribution < 1.29 is 14.7 Å². The predicted molar refractivity (Wildman–Crippen MR) is 63.0 cm³/mol. The number of rotatable bonds is 8. The van der Waals surface area contributed by atoms with Gasteiger partial charge in [0.1, 0.15) is 0 Å². The summed E-state index contributed by atoms with van der Waals surface area (Å²) in [6.45, 7) is 7.98. The molecule has 2 N–H and O–H groups in total. The highest BCUT2D eigenvalue weighted by Gasteiger charge is 2.15. The van der Waals surface area contributed by atoms with Crippen LogP contribution in [0.4, 0.5) is 0 Å². The molecule has 0 aliphatic rings. The van der Waals surface area contributed by atoms with Gasteiger partial charge < -0.3 is 10.4 Å². The quantitative estimate of drug-likeness (QED) is 0.621. The molecule has 16 heavy (non-hydrogen) atoms. The van der Waals surface area contributed by atoms with Gasteiger partial charge in [0.2, 0.25) is 5.91 Å². The Morgan fingerprint density at radius 1 is 1.44 bits per heavy atom. The van der Waals surface area contributed by atoms with E-state index in [0.29, 0.717) is 12.5 Å². The average molecular weight is 227 g/mol. The molecule has 0 aliphatic heterocycles. The zero-order valence-electron chi connectivity index (χ0n) is 10.0. The molecule has 0 aliphatic carbocycles. The summed E-state index contributed by atoms with van der Waals surface area (Å²) < 4.78 is 0. The molecule has 4 heteroatoms. The highest BCUT2D eigenvalue weighted by Crippen LogP contribution is 2.14. The van der Waals surface area contributed by atoms with Crippen LogP contribution < -0.4 is 5.32 Å². The maximum Gasteiger partial charge on any atom is 0.303 e. The lowest BCUT2D eigenvalue weighted by atomic mass is 9.94. The summed E-state index contributed by atoms with van der Waals surface area (Å²) in [5.41, 5.74) is 0. The molecular weight excluding hydrogens is 206 g/mol. The minimum Gasteiger partial charge on any atom is -0.481 e.